The Bertz CT molecular complexity index is 804. The van der Waals surface area contributed by atoms with Crippen molar-refractivity contribution in [2.24, 2.45) is 0 Å². The summed E-state index contributed by atoms with van der Waals surface area (Å²) in [6.07, 6.45) is 1.37. The van der Waals surface area contributed by atoms with Gasteiger partial charge in [0.05, 0.1) is 17.6 Å². The molecule has 2 aromatic rings. The molecule has 0 saturated heterocycles. The summed E-state index contributed by atoms with van der Waals surface area (Å²) < 4.78 is 27.3. The molecule has 0 bridgehead atoms. The number of hydrogen-bond acceptors (Lipinski definition) is 4. The van der Waals surface area contributed by atoms with Crippen molar-refractivity contribution < 1.29 is 8.42 Å². The molecule has 112 valence electrons. The Kier molecular flexibility index (Phi) is 4.11. The number of hydrogen-bond donors (Lipinski definition) is 2. The van der Waals surface area contributed by atoms with E-state index in [1.807, 2.05) is 13.8 Å². The minimum atomic E-state index is -3.77. The summed E-state index contributed by atoms with van der Waals surface area (Å²) in [5.74, 6) is 0. The largest absolute Gasteiger partial charge is 0.398 e. The van der Waals surface area contributed by atoms with Gasteiger partial charge in [-0.3, -0.25) is 4.72 Å². The molecule has 0 spiro atoms. The fraction of sp³-hybridized carbons (Fsp3) is 0.214. The SMILES string of the molecule is Cc1cc(N)c(S(=O)(=O)Nc2cnc(Cl)c(C)c2)cc1C. The highest BCUT2D eigenvalue weighted by molar-refractivity contribution is 7.92. The molecule has 7 heteroatoms. The minimum absolute atomic E-state index is 0.0539. The summed E-state index contributed by atoms with van der Waals surface area (Å²) in [7, 11) is -3.77. The van der Waals surface area contributed by atoms with E-state index in [9.17, 15) is 8.42 Å². The van der Waals surface area contributed by atoms with Crippen molar-refractivity contribution in [3.63, 3.8) is 0 Å². The van der Waals surface area contributed by atoms with E-state index < -0.39 is 10.0 Å². The molecular formula is C14H16ClN3O2S. The molecule has 0 aliphatic carbocycles. The number of nitrogens with one attached hydrogen (secondary N) is 1. The van der Waals surface area contributed by atoms with Crippen LogP contribution in [0.4, 0.5) is 11.4 Å². The van der Waals surface area contributed by atoms with E-state index in [2.05, 4.69) is 9.71 Å². The smallest absolute Gasteiger partial charge is 0.264 e. The fourth-order valence-electron chi connectivity index (χ4n) is 1.87. The lowest BCUT2D eigenvalue weighted by Gasteiger charge is -2.12. The molecule has 1 aromatic heterocycles. The maximum atomic E-state index is 12.4. The lowest BCUT2D eigenvalue weighted by molar-refractivity contribution is 0.601. The topological polar surface area (TPSA) is 85.1 Å². The van der Waals surface area contributed by atoms with Gasteiger partial charge in [0.1, 0.15) is 10.0 Å². The molecule has 3 N–H and O–H groups in total. The highest BCUT2D eigenvalue weighted by atomic mass is 35.5. The minimum Gasteiger partial charge on any atom is -0.398 e. The van der Waals surface area contributed by atoms with Crippen molar-refractivity contribution in [2.45, 2.75) is 25.7 Å². The molecule has 21 heavy (non-hydrogen) atoms. The second-order valence-corrected chi connectivity index (χ2v) is 6.92. The number of sulfonamides is 1. The van der Waals surface area contributed by atoms with Crippen molar-refractivity contribution in [1.82, 2.24) is 4.98 Å². The summed E-state index contributed by atoms with van der Waals surface area (Å²) >= 11 is 5.82. The number of nitrogen functional groups attached to an aromatic ring is 1. The van der Waals surface area contributed by atoms with Gasteiger partial charge in [-0.25, -0.2) is 13.4 Å². The zero-order chi connectivity index (χ0) is 15.8. The van der Waals surface area contributed by atoms with E-state index in [-0.39, 0.29) is 10.6 Å². The van der Waals surface area contributed by atoms with Crippen LogP contribution in [0.15, 0.2) is 29.3 Å². The number of benzene rings is 1. The first-order valence-electron chi connectivity index (χ1n) is 6.22. The number of aryl methyl sites for hydroxylation is 3. The van der Waals surface area contributed by atoms with Crippen LogP contribution in [0.2, 0.25) is 5.15 Å². The second kappa shape index (κ2) is 5.54. The standard InChI is InChI=1S/C14H16ClN3O2S/c1-8-5-12(16)13(6-9(8)2)21(19,20)18-11-4-10(3)14(15)17-7-11/h4-7,18H,16H2,1-3H3. The van der Waals surface area contributed by atoms with Gasteiger partial charge < -0.3 is 5.73 Å². The maximum absolute atomic E-state index is 12.4. The van der Waals surface area contributed by atoms with Gasteiger partial charge in [-0.15, -0.1) is 0 Å². The van der Waals surface area contributed by atoms with Gasteiger partial charge in [0, 0.05) is 0 Å². The van der Waals surface area contributed by atoms with Crippen LogP contribution in [0, 0.1) is 20.8 Å². The van der Waals surface area contributed by atoms with Crippen LogP contribution in [0.1, 0.15) is 16.7 Å². The predicted octanol–water partition coefficient (Wildman–Crippen LogP) is 3.04. The first-order valence-corrected chi connectivity index (χ1v) is 8.08. The summed E-state index contributed by atoms with van der Waals surface area (Å²) in [6.45, 7) is 5.46. The van der Waals surface area contributed by atoms with E-state index in [0.29, 0.717) is 16.4 Å². The Hall–Kier alpha value is -1.79. The summed E-state index contributed by atoms with van der Waals surface area (Å²) in [4.78, 5) is 3.97. The van der Waals surface area contributed by atoms with E-state index in [1.54, 1.807) is 25.1 Å². The number of anilines is 2. The molecule has 0 atom stereocenters. The van der Waals surface area contributed by atoms with Gasteiger partial charge in [-0.2, -0.15) is 0 Å². The third kappa shape index (κ3) is 3.28. The molecule has 0 aliphatic heterocycles. The van der Waals surface area contributed by atoms with Gasteiger partial charge in [-0.1, -0.05) is 11.6 Å². The van der Waals surface area contributed by atoms with Crippen LogP contribution in [0.25, 0.3) is 0 Å². The van der Waals surface area contributed by atoms with Crippen LogP contribution in [-0.2, 0) is 10.0 Å². The average molecular weight is 326 g/mol. The number of nitrogens with two attached hydrogens (primary N) is 1. The first kappa shape index (κ1) is 15.6. The van der Waals surface area contributed by atoms with Crippen molar-refractivity contribution in [2.75, 3.05) is 10.5 Å². The van der Waals surface area contributed by atoms with Crippen LogP contribution in [-0.4, -0.2) is 13.4 Å². The van der Waals surface area contributed by atoms with Crippen LogP contribution in [0.3, 0.4) is 0 Å². The van der Waals surface area contributed by atoms with Gasteiger partial charge in [0.2, 0.25) is 0 Å². The Morgan fingerprint density at radius 1 is 1.10 bits per heavy atom. The van der Waals surface area contributed by atoms with Crippen molar-refractivity contribution in [1.29, 1.82) is 0 Å². The molecule has 2 rings (SSSR count). The Balaban J connectivity index is 2.43. The highest BCUT2D eigenvalue weighted by Crippen LogP contribution is 2.25. The third-order valence-electron chi connectivity index (χ3n) is 3.18. The molecule has 0 radical (unpaired) electrons. The normalized spacial score (nSPS) is 11.4. The second-order valence-electron chi connectivity index (χ2n) is 4.91. The summed E-state index contributed by atoms with van der Waals surface area (Å²) in [5, 5.41) is 0.337. The lowest BCUT2D eigenvalue weighted by Crippen LogP contribution is -2.15. The van der Waals surface area contributed by atoms with E-state index in [0.717, 1.165) is 11.1 Å². The monoisotopic (exact) mass is 325 g/mol. The number of halogens is 1. The van der Waals surface area contributed by atoms with Gasteiger partial charge >= 0.3 is 0 Å². The van der Waals surface area contributed by atoms with Gasteiger partial charge in [0.15, 0.2) is 0 Å². The van der Waals surface area contributed by atoms with Crippen molar-refractivity contribution in [3.05, 3.63) is 46.2 Å². The van der Waals surface area contributed by atoms with Crippen LogP contribution < -0.4 is 10.5 Å². The van der Waals surface area contributed by atoms with Gasteiger partial charge in [-0.05, 0) is 55.7 Å². The summed E-state index contributed by atoms with van der Waals surface area (Å²) in [6, 6.07) is 4.82. The number of pyridine rings is 1. The molecule has 0 aliphatic rings. The lowest BCUT2D eigenvalue weighted by atomic mass is 10.1. The number of aromatic nitrogens is 1. The Labute approximate surface area is 129 Å². The van der Waals surface area contributed by atoms with Crippen molar-refractivity contribution in [3.8, 4) is 0 Å². The molecule has 1 aromatic carbocycles. The number of rotatable bonds is 3. The maximum Gasteiger partial charge on any atom is 0.264 e. The first-order chi connectivity index (χ1) is 9.70. The molecule has 0 amide bonds. The van der Waals surface area contributed by atoms with Crippen LogP contribution >= 0.6 is 11.6 Å². The van der Waals surface area contributed by atoms with Crippen molar-refractivity contribution >= 4 is 33.0 Å². The van der Waals surface area contributed by atoms with E-state index in [1.165, 1.54) is 6.20 Å². The Morgan fingerprint density at radius 2 is 1.71 bits per heavy atom. The molecule has 0 unspecified atom stereocenters. The molecular weight excluding hydrogens is 310 g/mol. The average Bonchev–Trinajstić information content (AvgIpc) is 2.37. The highest BCUT2D eigenvalue weighted by Gasteiger charge is 2.19. The number of nitrogens with zero attached hydrogens (tertiary/aromatic N) is 1. The van der Waals surface area contributed by atoms with E-state index in [4.69, 9.17) is 17.3 Å². The molecule has 5 nitrogen and oxygen atoms in total. The summed E-state index contributed by atoms with van der Waals surface area (Å²) in [5.41, 5.74) is 8.86. The zero-order valence-corrected chi connectivity index (χ0v) is 13.5. The third-order valence-corrected chi connectivity index (χ3v) is 5.01. The molecule has 1 heterocycles. The Morgan fingerprint density at radius 3 is 2.33 bits per heavy atom. The fourth-order valence-corrected chi connectivity index (χ4v) is 3.21. The molecule has 0 fully saturated rings. The predicted molar refractivity (Wildman–Crippen MR) is 85.1 cm³/mol. The molecule has 0 saturated carbocycles. The van der Waals surface area contributed by atoms with Crippen LogP contribution in [0.5, 0.6) is 0 Å². The zero-order valence-electron chi connectivity index (χ0n) is 11.9. The van der Waals surface area contributed by atoms with E-state index >= 15 is 0 Å². The van der Waals surface area contributed by atoms with Gasteiger partial charge in [0.25, 0.3) is 10.0 Å². The quantitative estimate of drug-likeness (QED) is 0.671.